The monoisotopic (exact) mass is 432 g/mol. The second-order valence-corrected chi connectivity index (χ2v) is 10.3. The maximum absolute atomic E-state index is 12.6. The number of hydrogen-bond donors (Lipinski definition) is 1. The molecular formula is C21H28N4O4S. The number of nitrogens with zero attached hydrogens (tertiary/aromatic N) is 3. The van der Waals surface area contributed by atoms with Crippen LogP contribution >= 0.6 is 0 Å². The zero-order chi connectivity index (χ0) is 21.3. The molecule has 2 aromatic rings. The van der Waals surface area contributed by atoms with Crippen LogP contribution in [0.15, 0.2) is 24.3 Å². The van der Waals surface area contributed by atoms with Crippen molar-refractivity contribution in [3.63, 3.8) is 0 Å². The van der Waals surface area contributed by atoms with E-state index < -0.39 is 9.84 Å². The number of nitrogens with one attached hydrogen (secondary N) is 1. The lowest BCUT2D eigenvalue weighted by Gasteiger charge is -2.28. The minimum Gasteiger partial charge on any atom is -0.378 e. The number of morpholine rings is 1. The van der Waals surface area contributed by atoms with E-state index in [9.17, 15) is 13.2 Å². The molecule has 2 aliphatic rings. The summed E-state index contributed by atoms with van der Waals surface area (Å²) < 4.78 is 30.8. The summed E-state index contributed by atoms with van der Waals surface area (Å²) in [6.45, 7) is 6.99. The zero-order valence-electron chi connectivity index (χ0n) is 17.4. The van der Waals surface area contributed by atoms with Gasteiger partial charge in [-0.05, 0) is 44.5 Å². The van der Waals surface area contributed by atoms with Crippen molar-refractivity contribution < 1.29 is 17.9 Å². The van der Waals surface area contributed by atoms with E-state index in [1.807, 2.05) is 38.1 Å². The largest absolute Gasteiger partial charge is 0.378 e. The van der Waals surface area contributed by atoms with E-state index >= 15 is 0 Å². The first-order chi connectivity index (χ1) is 14.3. The second-order valence-electron chi connectivity index (χ2n) is 8.02. The Balaban J connectivity index is 1.40. The standard InChI is InChI=1S/C21H28N4O4S/c1-15-20(16(2)25(23-15)19-7-12-30(27,28)14-19)13-21(26)22-17-3-5-18(6-4-17)24-8-10-29-11-9-24/h3-6,19H,7-14H2,1-2H3,(H,22,26). The number of aromatic nitrogens is 2. The Kier molecular flexibility index (Phi) is 5.84. The summed E-state index contributed by atoms with van der Waals surface area (Å²) in [7, 11) is -2.99. The normalized spacial score (nSPS) is 21.0. The smallest absolute Gasteiger partial charge is 0.228 e. The lowest BCUT2D eigenvalue weighted by Crippen LogP contribution is -2.36. The van der Waals surface area contributed by atoms with Crippen molar-refractivity contribution in [1.29, 1.82) is 0 Å². The summed E-state index contributed by atoms with van der Waals surface area (Å²) in [4.78, 5) is 14.9. The summed E-state index contributed by atoms with van der Waals surface area (Å²) >= 11 is 0. The lowest BCUT2D eigenvalue weighted by molar-refractivity contribution is -0.115. The molecule has 0 radical (unpaired) electrons. The van der Waals surface area contributed by atoms with Crippen molar-refractivity contribution in [2.24, 2.45) is 0 Å². The number of ether oxygens (including phenoxy) is 1. The molecule has 1 amide bonds. The third-order valence-corrected chi connectivity index (χ3v) is 7.64. The predicted molar refractivity (Wildman–Crippen MR) is 116 cm³/mol. The Hall–Kier alpha value is -2.39. The summed E-state index contributed by atoms with van der Waals surface area (Å²) in [5.74, 6) is 0.210. The highest BCUT2D eigenvalue weighted by molar-refractivity contribution is 7.91. The summed E-state index contributed by atoms with van der Waals surface area (Å²) in [6, 6.07) is 7.70. The Labute approximate surface area is 177 Å². The van der Waals surface area contributed by atoms with Gasteiger partial charge in [0.05, 0.1) is 42.9 Å². The summed E-state index contributed by atoms with van der Waals surface area (Å²) in [6.07, 6.45) is 0.785. The SMILES string of the molecule is Cc1nn(C2CCS(=O)(=O)C2)c(C)c1CC(=O)Nc1ccc(N2CCOCC2)cc1. The molecule has 4 rings (SSSR count). The molecule has 0 aliphatic carbocycles. The third-order valence-electron chi connectivity index (χ3n) is 5.89. The molecule has 1 aromatic carbocycles. The van der Waals surface area contributed by atoms with Crippen molar-refractivity contribution in [1.82, 2.24) is 9.78 Å². The van der Waals surface area contributed by atoms with Crippen LogP contribution in [-0.4, -0.2) is 61.9 Å². The number of amides is 1. The van der Waals surface area contributed by atoms with Gasteiger partial charge in [-0.3, -0.25) is 9.48 Å². The van der Waals surface area contributed by atoms with Gasteiger partial charge in [-0.15, -0.1) is 0 Å². The maximum Gasteiger partial charge on any atom is 0.228 e. The molecule has 8 nitrogen and oxygen atoms in total. The van der Waals surface area contributed by atoms with Crippen LogP contribution in [0.2, 0.25) is 0 Å². The summed E-state index contributed by atoms with van der Waals surface area (Å²) in [5.41, 5.74) is 4.38. The van der Waals surface area contributed by atoms with Gasteiger partial charge in [-0.1, -0.05) is 0 Å². The molecule has 1 N–H and O–H groups in total. The average Bonchev–Trinajstić information content (AvgIpc) is 3.22. The fourth-order valence-corrected chi connectivity index (χ4v) is 5.91. The Morgan fingerprint density at radius 2 is 1.90 bits per heavy atom. The minimum absolute atomic E-state index is 0.112. The van der Waals surface area contributed by atoms with E-state index in [0.29, 0.717) is 6.42 Å². The van der Waals surface area contributed by atoms with Crippen LogP contribution in [0.5, 0.6) is 0 Å². The number of carbonyl (C=O) groups excluding carboxylic acids is 1. The Morgan fingerprint density at radius 3 is 2.53 bits per heavy atom. The molecular weight excluding hydrogens is 404 g/mol. The first kappa shape index (κ1) is 20.9. The molecule has 162 valence electrons. The molecule has 0 saturated carbocycles. The van der Waals surface area contributed by atoms with Gasteiger partial charge >= 0.3 is 0 Å². The molecule has 1 unspecified atom stereocenters. The minimum atomic E-state index is -2.99. The van der Waals surface area contributed by atoms with E-state index in [1.165, 1.54) is 0 Å². The zero-order valence-corrected chi connectivity index (χ0v) is 18.2. The molecule has 3 heterocycles. The third kappa shape index (κ3) is 4.52. The average molecular weight is 433 g/mol. The number of hydrogen-bond acceptors (Lipinski definition) is 6. The van der Waals surface area contributed by atoms with Crippen LogP contribution in [0.1, 0.15) is 29.4 Å². The van der Waals surface area contributed by atoms with Gasteiger partial charge in [0.1, 0.15) is 0 Å². The van der Waals surface area contributed by atoms with Gasteiger partial charge in [-0.25, -0.2) is 8.42 Å². The summed E-state index contributed by atoms with van der Waals surface area (Å²) in [5, 5.41) is 7.49. The van der Waals surface area contributed by atoms with E-state index in [4.69, 9.17) is 4.74 Å². The number of sulfone groups is 1. The first-order valence-corrected chi connectivity index (χ1v) is 12.1. The van der Waals surface area contributed by atoms with Gasteiger partial charge in [0.25, 0.3) is 0 Å². The van der Waals surface area contributed by atoms with Crippen molar-refractivity contribution in [2.45, 2.75) is 32.7 Å². The van der Waals surface area contributed by atoms with Crippen LogP contribution in [-0.2, 0) is 25.8 Å². The van der Waals surface area contributed by atoms with Crippen molar-refractivity contribution in [2.75, 3.05) is 48.0 Å². The molecule has 30 heavy (non-hydrogen) atoms. The van der Waals surface area contributed by atoms with E-state index in [-0.39, 0.29) is 29.9 Å². The molecule has 2 aliphatic heterocycles. The van der Waals surface area contributed by atoms with E-state index in [0.717, 1.165) is 54.6 Å². The highest BCUT2D eigenvalue weighted by Gasteiger charge is 2.31. The number of anilines is 2. The molecule has 1 atom stereocenters. The van der Waals surface area contributed by atoms with Crippen LogP contribution in [0.4, 0.5) is 11.4 Å². The second kappa shape index (κ2) is 8.39. The molecule has 1 aromatic heterocycles. The van der Waals surface area contributed by atoms with Gasteiger partial charge in [-0.2, -0.15) is 5.10 Å². The first-order valence-electron chi connectivity index (χ1n) is 10.3. The molecule has 0 bridgehead atoms. The van der Waals surface area contributed by atoms with Crippen LogP contribution < -0.4 is 10.2 Å². The van der Waals surface area contributed by atoms with Gasteiger partial charge < -0.3 is 15.0 Å². The highest BCUT2D eigenvalue weighted by atomic mass is 32.2. The lowest BCUT2D eigenvalue weighted by atomic mass is 10.1. The van der Waals surface area contributed by atoms with Crippen molar-refractivity contribution in [3.8, 4) is 0 Å². The predicted octanol–water partition coefficient (Wildman–Crippen LogP) is 1.88. The van der Waals surface area contributed by atoms with Gasteiger partial charge in [0.2, 0.25) is 5.91 Å². The number of aryl methyl sites for hydroxylation is 1. The molecule has 2 fully saturated rings. The fraction of sp³-hybridized carbons (Fsp3) is 0.524. The highest BCUT2D eigenvalue weighted by Crippen LogP contribution is 2.27. The number of benzene rings is 1. The Morgan fingerprint density at radius 1 is 1.20 bits per heavy atom. The van der Waals surface area contributed by atoms with Gasteiger partial charge in [0, 0.05) is 35.7 Å². The van der Waals surface area contributed by atoms with E-state index in [1.54, 1.807) is 4.68 Å². The molecule has 2 saturated heterocycles. The molecule has 9 heteroatoms. The maximum atomic E-state index is 12.6. The number of rotatable bonds is 5. The molecule has 0 spiro atoms. The van der Waals surface area contributed by atoms with Crippen molar-refractivity contribution >= 4 is 27.1 Å². The quantitative estimate of drug-likeness (QED) is 0.775. The van der Waals surface area contributed by atoms with Crippen LogP contribution in [0.25, 0.3) is 0 Å². The fourth-order valence-electron chi connectivity index (χ4n) is 4.22. The van der Waals surface area contributed by atoms with Gasteiger partial charge in [0.15, 0.2) is 9.84 Å². The topological polar surface area (TPSA) is 93.5 Å². The van der Waals surface area contributed by atoms with Crippen LogP contribution in [0.3, 0.4) is 0 Å². The Bertz CT molecular complexity index is 1020. The number of carbonyl (C=O) groups is 1. The van der Waals surface area contributed by atoms with Crippen molar-refractivity contribution in [3.05, 3.63) is 41.2 Å². The van der Waals surface area contributed by atoms with E-state index in [2.05, 4.69) is 15.3 Å². The van der Waals surface area contributed by atoms with Crippen LogP contribution in [0, 0.1) is 13.8 Å².